The highest BCUT2D eigenvalue weighted by molar-refractivity contribution is 9.11. The van der Waals surface area contributed by atoms with E-state index < -0.39 is 18.1 Å². The number of halogens is 5. The van der Waals surface area contributed by atoms with Crippen molar-refractivity contribution in [3.05, 3.63) is 32.2 Å². The lowest BCUT2D eigenvalue weighted by Crippen LogP contribution is -2.45. The second-order valence-corrected chi connectivity index (χ2v) is 7.37. The molecule has 0 bridgehead atoms. The summed E-state index contributed by atoms with van der Waals surface area (Å²) in [6.45, 7) is 2.02. The Morgan fingerprint density at radius 2 is 1.96 bits per heavy atom. The zero-order valence-electron chi connectivity index (χ0n) is 13.3. The van der Waals surface area contributed by atoms with Gasteiger partial charge in [-0.05, 0) is 53.4 Å². The molecular weight excluding hydrogens is 471 g/mol. The standard InChI is InChI=1S/C16H16Br2F3NO3/c1-2-25-14(23)11-7-12(17)10(6-13(11)18)9-4-3-5-22(8-9)15(24)16(19,20)21/h6-7,9H,2-5,8H2,1H3/t9-/m0/s1. The van der Waals surface area contributed by atoms with Gasteiger partial charge >= 0.3 is 18.1 Å². The van der Waals surface area contributed by atoms with Crippen LogP contribution in [0.3, 0.4) is 0 Å². The van der Waals surface area contributed by atoms with E-state index in [9.17, 15) is 22.8 Å². The minimum absolute atomic E-state index is 0.0118. The number of likely N-dealkylation sites (tertiary alicyclic amines) is 1. The number of esters is 1. The van der Waals surface area contributed by atoms with E-state index in [1.54, 1.807) is 19.1 Å². The summed E-state index contributed by atoms with van der Waals surface area (Å²) in [6.07, 6.45) is -3.73. The Bertz CT molecular complexity index is 679. The van der Waals surface area contributed by atoms with Crippen molar-refractivity contribution >= 4 is 43.7 Å². The van der Waals surface area contributed by atoms with E-state index in [0.717, 1.165) is 10.5 Å². The van der Waals surface area contributed by atoms with E-state index >= 15 is 0 Å². The summed E-state index contributed by atoms with van der Waals surface area (Å²) in [5.41, 5.74) is 1.08. The number of nitrogens with zero attached hydrogens (tertiary/aromatic N) is 1. The van der Waals surface area contributed by atoms with Crippen molar-refractivity contribution in [2.75, 3.05) is 19.7 Å². The van der Waals surface area contributed by atoms with Gasteiger partial charge < -0.3 is 9.64 Å². The van der Waals surface area contributed by atoms with Gasteiger partial charge in [-0.2, -0.15) is 13.2 Å². The van der Waals surface area contributed by atoms with Crippen LogP contribution in [0.2, 0.25) is 0 Å². The van der Waals surface area contributed by atoms with Gasteiger partial charge in [-0.25, -0.2) is 4.79 Å². The van der Waals surface area contributed by atoms with Crippen molar-refractivity contribution in [1.82, 2.24) is 4.90 Å². The Morgan fingerprint density at radius 1 is 1.28 bits per heavy atom. The first kappa shape index (κ1) is 20.2. The van der Waals surface area contributed by atoms with Gasteiger partial charge in [0, 0.05) is 28.0 Å². The third-order valence-corrected chi connectivity index (χ3v) is 5.32. The fourth-order valence-corrected chi connectivity index (χ4v) is 4.03. The van der Waals surface area contributed by atoms with Crippen molar-refractivity contribution < 1.29 is 27.5 Å². The molecular formula is C16H16Br2F3NO3. The largest absolute Gasteiger partial charge is 0.471 e. The molecule has 2 rings (SSSR count). The summed E-state index contributed by atoms with van der Waals surface area (Å²) < 4.78 is 44.1. The zero-order chi connectivity index (χ0) is 18.8. The van der Waals surface area contributed by atoms with Crippen LogP contribution in [0.15, 0.2) is 21.1 Å². The summed E-state index contributed by atoms with van der Waals surface area (Å²) >= 11 is 6.69. The van der Waals surface area contributed by atoms with Gasteiger partial charge in [0.1, 0.15) is 0 Å². The fraction of sp³-hybridized carbons (Fsp3) is 0.500. The average Bonchev–Trinajstić information content (AvgIpc) is 2.55. The second kappa shape index (κ2) is 8.07. The molecule has 0 spiro atoms. The van der Waals surface area contributed by atoms with Crippen LogP contribution in [0.4, 0.5) is 13.2 Å². The predicted molar refractivity (Wildman–Crippen MR) is 92.4 cm³/mol. The molecule has 1 saturated heterocycles. The SMILES string of the molecule is CCOC(=O)c1cc(Br)c([C@H]2CCCN(C(=O)C(F)(F)F)C2)cc1Br. The number of hydrogen-bond acceptors (Lipinski definition) is 3. The van der Waals surface area contributed by atoms with E-state index in [4.69, 9.17) is 4.74 Å². The quantitative estimate of drug-likeness (QED) is 0.584. The van der Waals surface area contributed by atoms with Crippen LogP contribution in [-0.2, 0) is 9.53 Å². The molecule has 4 nitrogen and oxygen atoms in total. The topological polar surface area (TPSA) is 46.6 Å². The van der Waals surface area contributed by atoms with Crippen LogP contribution >= 0.6 is 31.9 Å². The van der Waals surface area contributed by atoms with E-state index in [2.05, 4.69) is 31.9 Å². The Hall–Kier alpha value is -1.09. The van der Waals surface area contributed by atoms with Crippen molar-refractivity contribution in [2.45, 2.75) is 31.9 Å². The molecule has 0 saturated carbocycles. The first-order chi connectivity index (χ1) is 11.6. The molecule has 1 aromatic carbocycles. The molecule has 1 aliphatic rings. The summed E-state index contributed by atoms with van der Waals surface area (Å²) in [5.74, 6) is -2.54. The molecule has 0 unspecified atom stereocenters. The van der Waals surface area contributed by atoms with Gasteiger partial charge in [0.25, 0.3) is 0 Å². The fourth-order valence-electron chi connectivity index (χ4n) is 2.84. The Kier molecular flexibility index (Phi) is 6.53. The number of piperidine rings is 1. The maximum Gasteiger partial charge on any atom is 0.471 e. The third kappa shape index (κ3) is 4.75. The Labute approximate surface area is 160 Å². The van der Waals surface area contributed by atoms with Gasteiger partial charge in [0.05, 0.1) is 12.2 Å². The number of hydrogen-bond donors (Lipinski definition) is 0. The number of carbonyl (C=O) groups is 2. The number of benzene rings is 1. The molecule has 0 N–H and O–H groups in total. The monoisotopic (exact) mass is 485 g/mol. The maximum absolute atomic E-state index is 12.7. The Morgan fingerprint density at radius 3 is 2.56 bits per heavy atom. The van der Waals surface area contributed by atoms with Crippen molar-refractivity contribution in [3.63, 3.8) is 0 Å². The molecule has 1 fully saturated rings. The highest BCUT2D eigenvalue weighted by Crippen LogP contribution is 2.36. The number of ether oxygens (including phenoxy) is 1. The van der Waals surface area contributed by atoms with Crippen molar-refractivity contribution in [3.8, 4) is 0 Å². The van der Waals surface area contributed by atoms with Crippen LogP contribution in [0.25, 0.3) is 0 Å². The average molecular weight is 487 g/mol. The Balaban J connectivity index is 2.25. The summed E-state index contributed by atoms with van der Waals surface area (Å²) in [4.78, 5) is 24.2. The van der Waals surface area contributed by atoms with E-state index in [-0.39, 0.29) is 25.6 Å². The molecule has 1 heterocycles. The molecule has 9 heteroatoms. The third-order valence-electron chi connectivity index (χ3n) is 3.97. The lowest BCUT2D eigenvalue weighted by Gasteiger charge is -2.34. The molecule has 138 valence electrons. The van der Waals surface area contributed by atoms with Gasteiger partial charge in [-0.15, -0.1) is 0 Å². The van der Waals surface area contributed by atoms with Gasteiger partial charge in [-0.3, -0.25) is 4.79 Å². The van der Waals surface area contributed by atoms with Crippen LogP contribution < -0.4 is 0 Å². The van der Waals surface area contributed by atoms with E-state index in [0.29, 0.717) is 27.4 Å². The number of amides is 1. The first-order valence-corrected chi connectivity index (χ1v) is 9.25. The molecule has 1 aromatic rings. The highest BCUT2D eigenvalue weighted by atomic mass is 79.9. The van der Waals surface area contributed by atoms with Crippen molar-refractivity contribution in [2.24, 2.45) is 0 Å². The smallest absolute Gasteiger partial charge is 0.462 e. The molecule has 1 amide bonds. The second-order valence-electron chi connectivity index (χ2n) is 5.66. The molecule has 1 atom stereocenters. The number of alkyl halides is 3. The van der Waals surface area contributed by atoms with Gasteiger partial charge in [0.15, 0.2) is 0 Å². The zero-order valence-corrected chi connectivity index (χ0v) is 16.5. The summed E-state index contributed by atoms with van der Waals surface area (Å²) in [7, 11) is 0. The minimum atomic E-state index is -4.87. The van der Waals surface area contributed by atoms with Crippen LogP contribution in [-0.4, -0.2) is 42.6 Å². The highest BCUT2D eigenvalue weighted by Gasteiger charge is 2.43. The van der Waals surface area contributed by atoms with Gasteiger partial charge in [0.2, 0.25) is 0 Å². The lowest BCUT2D eigenvalue weighted by atomic mass is 9.90. The molecule has 0 aromatic heterocycles. The van der Waals surface area contributed by atoms with Crippen LogP contribution in [0, 0.1) is 0 Å². The molecule has 1 aliphatic heterocycles. The maximum atomic E-state index is 12.7. The van der Waals surface area contributed by atoms with E-state index in [1.807, 2.05) is 0 Å². The minimum Gasteiger partial charge on any atom is -0.462 e. The summed E-state index contributed by atoms with van der Waals surface area (Å²) in [6, 6.07) is 3.28. The van der Waals surface area contributed by atoms with Crippen LogP contribution in [0.5, 0.6) is 0 Å². The normalized spacial score (nSPS) is 18.2. The number of rotatable bonds is 3. The van der Waals surface area contributed by atoms with Gasteiger partial charge in [-0.1, -0.05) is 15.9 Å². The predicted octanol–water partition coefficient (Wildman–Crippen LogP) is 4.66. The number of carbonyl (C=O) groups excluding carboxylic acids is 2. The van der Waals surface area contributed by atoms with E-state index in [1.165, 1.54) is 0 Å². The molecule has 25 heavy (non-hydrogen) atoms. The first-order valence-electron chi connectivity index (χ1n) is 7.67. The molecule has 0 aliphatic carbocycles. The lowest BCUT2D eigenvalue weighted by molar-refractivity contribution is -0.186. The molecule has 0 radical (unpaired) electrons. The summed E-state index contributed by atoms with van der Waals surface area (Å²) in [5, 5.41) is 0. The van der Waals surface area contributed by atoms with Crippen molar-refractivity contribution in [1.29, 1.82) is 0 Å². The van der Waals surface area contributed by atoms with Crippen LogP contribution in [0.1, 0.15) is 41.6 Å².